The maximum atomic E-state index is 13.6. The van der Waals surface area contributed by atoms with E-state index in [0.717, 1.165) is 0 Å². The van der Waals surface area contributed by atoms with Crippen molar-refractivity contribution in [3.05, 3.63) is 54.1 Å². The molecule has 1 fully saturated rings. The highest BCUT2D eigenvalue weighted by molar-refractivity contribution is 7.91. The van der Waals surface area contributed by atoms with Gasteiger partial charge in [-0.05, 0) is 36.8 Å². The molecule has 0 aliphatic carbocycles. The molecule has 1 aliphatic heterocycles. The predicted molar refractivity (Wildman–Crippen MR) is 132 cm³/mol. The Morgan fingerprint density at radius 3 is 2.10 bits per heavy atom. The molecule has 0 atom stereocenters. The molecule has 3 rings (SSSR count). The van der Waals surface area contributed by atoms with Gasteiger partial charge < -0.3 is 19.8 Å². The third-order valence-electron chi connectivity index (χ3n) is 6.02. The van der Waals surface area contributed by atoms with Crippen LogP contribution in [0.15, 0.2) is 63.2 Å². The topological polar surface area (TPSA) is 144 Å². The second-order valence-corrected chi connectivity index (χ2v) is 12.4. The van der Waals surface area contributed by atoms with Crippen molar-refractivity contribution in [2.24, 2.45) is 0 Å². The van der Waals surface area contributed by atoms with Gasteiger partial charge in [-0.1, -0.05) is 18.2 Å². The van der Waals surface area contributed by atoms with Crippen molar-refractivity contribution >= 4 is 32.0 Å². The smallest absolute Gasteiger partial charge is 0.417 e. The van der Waals surface area contributed by atoms with Gasteiger partial charge in [0.05, 0.1) is 20.2 Å². The normalized spacial score (nSPS) is 14.8. The van der Waals surface area contributed by atoms with Crippen LogP contribution in [-0.4, -0.2) is 95.1 Å². The Balaban J connectivity index is 1.70. The summed E-state index contributed by atoms with van der Waals surface area (Å²) in [5.74, 6) is 0. The number of sulfonamides is 1. The van der Waals surface area contributed by atoms with Crippen LogP contribution >= 0.6 is 0 Å². The third kappa shape index (κ3) is 7.19. The number of carboxylic acid groups (broad SMARTS) is 1. The third-order valence-corrected chi connectivity index (χ3v) is 9.29. The summed E-state index contributed by atoms with van der Waals surface area (Å²) in [6.07, 6.45) is -6.12. The van der Waals surface area contributed by atoms with Crippen LogP contribution in [0.25, 0.3) is 0 Å². The molecular formula is C23H27F3N4O7S2. The molecule has 3 amide bonds. The lowest BCUT2D eigenvalue weighted by atomic mass is 10.2. The predicted octanol–water partition coefficient (Wildman–Crippen LogP) is 2.55. The fourth-order valence-electron chi connectivity index (χ4n) is 3.89. The molecule has 2 N–H and O–H groups in total. The number of amides is 3. The number of hydrogen-bond acceptors (Lipinski definition) is 6. The minimum Gasteiger partial charge on any atom is -0.465 e. The minimum atomic E-state index is -5.07. The molecule has 1 heterocycles. The van der Waals surface area contributed by atoms with Crippen molar-refractivity contribution < 1.29 is 44.7 Å². The Labute approximate surface area is 223 Å². The zero-order valence-electron chi connectivity index (χ0n) is 20.8. The Morgan fingerprint density at radius 2 is 1.54 bits per heavy atom. The summed E-state index contributed by atoms with van der Waals surface area (Å²) in [4.78, 5) is 25.4. The molecule has 0 aromatic heterocycles. The monoisotopic (exact) mass is 592 g/mol. The average Bonchev–Trinajstić information content (AvgIpc) is 2.90. The highest BCUT2D eigenvalue weighted by atomic mass is 32.2. The Kier molecular flexibility index (Phi) is 9.12. The number of carbonyl (C=O) groups is 2. The van der Waals surface area contributed by atoms with Crippen molar-refractivity contribution in [3.63, 3.8) is 0 Å². The van der Waals surface area contributed by atoms with Gasteiger partial charge in [0, 0.05) is 46.3 Å². The molecule has 214 valence electrons. The quantitative estimate of drug-likeness (QED) is 0.449. The largest absolute Gasteiger partial charge is 0.465 e. The molecule has 0 saturated carbocycles. The van der Waals surface area contributed by atoms with E-state index in [9.17, 15) is 39.6 Å². The van der Waals surface area contributed by atoms with Crippen molar-refractivity contribution in [2.75, 3.05) is 46.3 Å². The number of urea groups is 1. The molecule has 0 unspecified atom stereocenters. The molecule has 0 bridgehead atoms. The van der Waals surface area contributed by atoms with Gasteiger partial charge in [0.15, 0.2) is 0 Å². The lowest BCUT2D eigenvalue weighted by Crippen LogP contribution is -2.53. The molecule has 1 aliphatic rings. The summed E-state index contributed by atoms with van der Waals surface area (Å²) < 4.78 is 94.5. The van der Waals surface area contributed by atoms with E-state index in [0.29, 0.717) is 18.2 Å². The van der Waals surface area contributed by atoms with E-state index in [1.54, 1.807) is 6.07 Å². The Bertz CT molecular complexity index is 1410. The molecule has 2 aromatic rings. The number of nitrogens with one attached hydrogen (secondary N) is 1. The van der Waals surface area contributed by atoms with E-state index in [2.05, 4.69) is 4.72 Å². The number of piperazine rings is 1. The van der Waals surface area contributed by atoms with Crippen LogP contribution in [0.1, 0.15) is 12.0 Å². The van der Waals surface area contributed by atoms with E-state index >= 15 is 0 Å². The molecule has 0 spiro atoms. The molecular weight excluding hydrogens is 565 g/mol. The number of alkyl halides is 3. The second kappa shape index (κ2) is 11.8. The van der Waals surface area contributed by atoms with Crippen LogP contribution in [0.2, 0.25) is 0 Å². The molecule has 11 nitrogen and oxygen atoms in total. The minimum absolute atomic E-state index is 0.0416. The lowest BCUT2D eigenvalue weighted by Gasteiger charge is -2.35. The highest BCUT2D eigenvalue weighted by Gasteiger charge is 2.38. The van der Waals surface area contributed by atoms with Gasteiger partial charge in [-0.15, -0.1) is 0 Å². The summed E-state index contributed by atoms with van der Waals surface area (Å²) in [5.41, 5.74) is -1.52. The number of halogens is 3. The van der Waals surface area contributed by atoms with E-state index in [4.69, 9.17) is 5.11 Å². The zero-order valence-corrected chi connectivity index (χ0v) is 22.4. The van der Waals surface area contributed by atoms with Gasteiger partial charge >= 0.3 is 18.3 Å². The van der Waals surface area contributed by atoms with Gasteiger partial charge in [0.1, 0.15) is 0 Å². The highest BCUT2D eigenvalue weighted by Crippen LogP contribution is 2.36. The number of rotatable bonds is 8. The van der Waals surface area contributed by atoms with E-state index in [-0.39, 0.29) is 50.6 Å². The zero-order chi connectivity index (χ0) is 29.0. The van der Waals surface area contributed by atoms with E-state index in [1.165, 1.54) is 46.0 Å². The lowest BCUT2D eigenvalue weighted by molar-refractivity contribution is -0.139. The van der Waals surface area contributed by atoms with Crippen molar-refractivity contribution in [3.8, 4) is 0 Å². The first-order valence-corrected chi connectivity index (χ1v) is 14.6. The first kappa shape index (κ1) is 30.2. The molecule has 16 heteroatoms. The van der Waals surface area contributed by atoms with Crippen molar-refractivity contribution in [1.29, 1.82) is 0 Å². The van der Waals surface area contributed by atoms with Gasteiger partial charge in [-0.3, -0.25) is 0 Å². The van der Waals surface area contributed by atoms with Crippen LogP contribution in [0.5, 0.6) is 0 Å². The molecule has 39 heavy (non-hydrogen) atoms. The maximum absolute atomic E-state index is 13.6. The van der Waals surface area contributed by atoms with Crippen LogP contribution in [0, 0.1) is 0 Å². The van der Waals surface area contributed by atoms with E-state index < -0.39 is 53.5 Å². The van der Waals surface area contributed by atoms with Crippen LogP contribution < -0.4 is 4.72 Å². The van der Waals surface area contributed by atoms with Gasteiger partial charge in [0.2, 0.25) is 19.9 Å². The van der Waals surface area contributed by atoms with Crippen LogP contribution in [0.3, 0.4) is 0 Å². The van der Waals surface area contributed by atoms with Crippen LogP contribution in [-0.2, 0) is 26.0 Å². The number of benzene rings is 2. The fraction of sp³-hybridized carbons (Fsp3) is 0.391. The fourth-order valence-corrected chi connectivity index (χ4v) is 6.60. The molecule has 2 aromatic carbocycles. The second-order valence-electron chi connectivity index (χ2n) is 8.68. The first-order valence-electron chi connectivity index (χ1n) is 11.6. The van der Waals surface area contributed by atoms with Gasteiger partial charge in [0.25, 0.3) is 0 Å². The number of hydrogen-bond donors (Lipinski definition) is 2. The summed E-state index contributed by atoms with van der Waals surface area (Å²) in [7, 11) is -7.64. The first-order chi connectivity index (χ1) is 18.1. The number of sulfone groups is 1. The van der Waals surface area contributed by atoms with Gasteiger partial charge in [-0.2, -0.15) is 13.2 Å². The van der Waals surface area contributed by atoms with Crippen LogP contribution in [0.4, 0.5) is 22.8 Å². The summed E-state index contributed by atoms with van der Waals surface area (Å²) in [6.45, 7) is 0.383. The van der Waals surface area contributed by atoms with E-state index in [1.807, 2.05) is 0 Å². The number of nitrogens with zero attached hydrogens (tertiary/aromatic N) is 3. The summed E-state index contributed by atoms with van der Waals surface area (Å²) in [6, 6.07) is 8.09. The average molecular weight is 593 g/mol. The standard InChI is InChI=1S/C23H27F3N4O7S2/c1-28(21(31)29-12-14-30(15-13-29)22(32)33)11-5-10-27-39(36,37)20-16-18(8-9-19(20)23(24,25)26)38(34,35)17-6-3-2-4-7-17/h2-4,6-9,16,27H,5,10-15H2,1H3,(H,32,33). The Hall–Kier alpha value is -3.37. The SMILES string of the molecule is CN(CCCNS(=O)(=O)c1cc(S(=O)(=O)c2ccccc2)ccc1C(F)(F)F)C(=O)N1CCN(C(=O)O)CC1. The maximum Gasteiger partial charge on any atom is 0.417 e. The number of carbonyl (C=O) groups excluding carboxylic acids is 1. The molecule has 1 saturated heterocycles. The summed E-state index contributed by atoms with van der Waals surface area (Å²) in [5, 5.41) is 9.00. The van der Waals surface area contributed by atoms with Crippen molar-refractivity contribution in [1.82, 2.24) is 19.4 Å². The molecule has 0 radical (unpaired) electrons. The summed E-state index contributed by atoms with van der Waals surface area (Å²) >= 11 is 0. The van der Waals surface area contributed by atoms with Crippen molar-refractivity contribution in [2.45, 2.75) is 27.3 Å². The van der Waals surface area contributed by atoms with Gasteiger partial charge in [-0.25, -0.2) is 31.1 Å². The Morgan fingerprint density at radius 1 is 0.949 bits per heavy atom.